The van der Waals surface area contributed by atoms with E-state index in [2.05, 4.69) is 47.6 Å². The van der Waals surface area contributed by atoms with E-state index in [0.29, 0.717) is 5.75 Å². The Balaban J connectivity index is 2.69. The summed E-state index contributed by atoms with van der Waals surface area (Å²) >= 11 is 0. The van der Waals surface area contributed by atoms with Crippen LogP contribution >= 0.6 is 0 Å². The van der Waals surface area contributed by atoms with Crippen molar-refractivity contribution in [3.63, 3.8) is 0 Å². The highest BCUT2D eigenvalue weighted by Gasteiger charge is 2.41. The molecule has 1 aromatic rings. The molecule has 20 heavy (non-hydrogen) atoms. The molecule has 3 heteroatoms. The lowest BCUT2D eigenvalue weighted by molar-refractivity contribution is -0.333. The van der Waals surface area contributed by atoms with Crippen molar-refractivity contribution in [2.45, 2.75) is 53.9 Å². The van der Waals surface area contributed by atoms with E-state index in [-0.39, 0.29) is 16.9 Å². The molecule has 108 valence electrons. The minimum atomic E-state index is -0.314. The second-order valence-electron chi connectivity index (χ2n) is 7.64. The molecule has 0 atom stereocenters. The Bertz CT molecular complexity index is 599. The van der Waals surface area contributed by atoms with Crippen LogP contribution in [0.5, 0.6) is 5.75 Å². The molecular formula is C17H24NO2+. The third-order valence-electron chi connectivity index (χ3n) is 3.18. The summed E-state index contributed by atoms with van der Waals surface area (Å²) in [5.41, 5.74) is 2.92. The van der Waals surface area contributed by atoms with E-state index < -0.39 is 0 Å². The minimum Gasteiger partial charge on any atom is -0.365 e. The predicted octanol–water partition coefficient (Wildman–Crippen LogP) is 4.57. The van der Waals surface area contributed by atoms with Crippen LogP contribution in [0.2, 0.25) is 0 Å². The van der Waals surface area contributed by atoms with Crippen molar-refractivity contribution in [2.75, 3.05) is 0 Å². The summed E-state index contributed by atoms with van der Waals surface area (Å²) in [4.78, 5) is 12.2. The van der Waals surface area contributed by atoms with Gasteiger partial charge in [-0.15, -0.1) is 0 Å². The molecule has 1 heterocycles. The Kier molecular flexibility index (Phi) is 3.28. The largest absolute Gasteiger partial charge is 0.608 e. The van der Waals surface area contributed by atoms with Gasteiger partial charge in [0.1, 0.15) is 0 Å². The molecule has 0 radical (unpaired) electrons. The van der Waals surface area contributed by atoms with Gasteiger partial charge in [-0.2, -0.15) is 4.79 Å². The van der Waals surface area contributed by atoms with Crippen molar-refractivity contribution in [1.82, 2.24) is 0 Å². The first kappa shape index (κ1) is 14.8. The Morgan fingerprint density at radius 1 is 1.10 bits per heavy atom. The summed E-state index contributed by atoms with van der Waals surface area (Å²) in [5.74, 6) is 0.702. The van der Waals surface area contributed by atoms with E-state index in [4.69, 9.17) is 4.74 Å². The van der Waals surface area contributed by atoms with Crippen molar-refractivity contribution in [2.24, 2.45) is 5.41 Å². The summed E-state index contributed by atoms with van der Waals surface area (Å²) in [5, 5.41) is 0. The first-order valence-corrected chi connectivity index (χ1v) is 7.01. The van der Waals surface area contributed by atoms with Gasteiger partial charge in [-0.1, -0.05) is 52.2 Å². The number of carbonyl (C=O) groups is 1. The SMILES string of the molecule is Cc1cc2c(c(C(C)(C)C)c1)OC(=O)/[N+]2=C/C(C)(C)C. The molecule has 0 saturated carbocycles. The molecule has 0 aromatic heterocycles. The molecule has 0 N–H and O–H groups in total. The average Bonchev–Trinajstić information content (AvgIpc) is 2.52. The van der Waals surface area contributed by atoms with Crippen molar-refractivity contribution >= 4 is 18.0 Å². The Morgan fingerprint density at radius 3 is 2.20 bits per heavy atom. The molecule has 2 rings (SSSR count). The van der Waals surface area contributed by atoms with Gasteiger partial charge in [-0.05, 0) is 17.9 Å². The lowest BCUT2D eigenvalue weighted by Gasteiger charge is -2.20. The van der Waals surface area contributed by atoms with Gasteiger partial charge in [0.05, 0.1) is 0 Å². The van der Waals surface area contributed by atoms with Crippen molar-refractivity contribution in [1.29, 1.82) is 0 Å². The smallest absolute Gasteiger partial charge is 0.365 e. The molecule has 0 unspecified atom stereocenters. The van der Waals surface area contributed by atoms with E-state index in [1.165, 1.54) is 0 Å². The second-order valence-corrected chi connectivity index (χ2v) is 7.64. The lowest BCUT2D eigenvalue weighted by Crippen LogP contribution is -2.21. The van der Waals surface area contributed by atoms with Crippen LogP contribution in [0.15, 0.2) is 12.1 Å². The van der Waals surface area contributed by atoms with Crippen LogP contribution in [0, 0.1) is 12.3 Å². The summed E-state index contributed by atoms with van der Waals surface area (Å²) in [7, 11) is 0. The lowest BCUT2D eigenvalue weighted by atomic mass is 9.85. The third kappa shape index (κ3) is 2.77. The van der Waals surface area contributed by atoms with Crippen LogP contribution in [0.25, 0.3) is 0 Å². The van der Waals surface area contributed by atoms with Gasteiger partial charge in [0.15, 0.2) is 6.21 Å². The quantitative estimate of drug-likeness (QED) is 0.649. The normalized spacial score (nSPS) is 17.4. The van der Waals surface area contributed by atoms with Gasteiger partial charge in [-0.25, -0.2) is 0 Å². The third-order valence-corrected chi connectivity index (χ3v) is 3.18. The number of benzene rings is 1. The van der Waals surface area contributed by atoms with Crippen LogP contribution in [-0.4, -0.2) is 16.9 Å². The van der Waals surface area contributed by atoms with E-state index in [1.54, 1.807) is 4.58 Å². The molecule has 0 aliphatic carbocycles. The van der Waals surface area contributed by atoms with Gasteiger partial charge in [0.25, 0.3) is 5.69 Å². The zero-order chi connectivity index (χ0) is 15.3. The first-order valence-electron chi connectivity index (χ1n) is 7.01. The molecule has 1 aliphatic heterocycles. The number of carbonyl (C=O) groups excluding carboxylic acids is 1. The molecule has 0 spiro atoms. The van der Waals surface area contributed by atoms with Crippen LogP contribution < -0.4 is 4.74 Å². The van der Waals surface area contributed by atoms with Crippen molar-refractivity contribution in [3.8, 4) is 5.75 Å². The Hall–Kier alpha value is -1.64. The highest BCUT2D eigenvalue weighted by atomic mass is 16.6. The highest BCUT2D eigenvalue weighted by Crippen LogP contribution is 2.43. The fourth-order valence-corrected chi connectivity index (χ4v) is 2.34. The monoisotopic (exact) mass is 274 g/mol. The first-order chi connectivity index (χ1) is 8.99. The molecule has 1 aliphatic rings. The van der Waals surface area contributed by atoms with E-state index in [0.717, 1.165) is 16.8 Å². The summed E-state index contributed by atoms with van der Waals surface area (Å²) < 4.78 is 7.17. The maximum absolute atomic E-state index is 12.2. The molecular weight excluding hydrogens is 250 g/mol. The van der Waals surface area contributed by atoms with Gasteiger partial charge in [0, 0.05) is 17.0 Å². The number of nitrogens with zero attached hydrogens (tertiary/aromatic N) is 1. The van der Waals surface area contributed by atoms with Gasteiger partial charge in [0.2, 0.25) is 5.75 Å². The minimum absolute atomic E-state index is 0.0614. The van der Waals surface area contributed by atoms with E-state index in [1.807, 2.05) is 19.2 Å². The summed E-state index contributed by atoms with van der Waals surface area (Å²) in [6, 6.07) is 4.12. The van der Waals surface area contributed by atoms with E-state index >= 15 is 0 Å². The van der Waals surface area contributed by atoms with Crippen molar-refractivity contribution < 1.29 is 14.1 Å². The number of ether oxygens (including phenoxy) is 1. The van der Waals surface area contributed by atoms with Crippen LogP contribution in [0.3, 0.4) is 0 Å². The Labute approximate surface area is 121 Å². The average molecular weight is 274 g/mol. The van der Waals surface area contributed by atoms with Gasteiger partial charge >= 0.3 is 6.09 Å². The molecule has 1 amide bonds. The zero-order valence-electron chi connectivity index (χ0n) is 13.5. The molecule has 3 nitrogen and oxygen atoms in total. The Morgan fingerprint density at radius 2 is 1.70 bits per heavy atom. The number of hydrogen-bond acceptors (Lipinski definition) is 2. The van der Waals surface area contributed by atoms with Gasteiger partial charge in [-0.3, -0.25) is 0 Å². The number of amides is 1. The van der Waals surface area contributed by atoms with Gasteiger partial charge < -0.3 is 4.74 Å². The van der Waals surface area contributed by atoms with Crippen molar-refractivity contribution in [3.05, 3.63) is 23.3 Å². The molecule has 1 aromatic carbocycles. The number of hydrogen-bond donors (Lipinski definition) is 0. The standard InChI is InChI=1S/C17H24NO2/c1-11-8-12(17(5,6)7)14-13(9-11)18(15(19)20-14)10-16(2,3)4/h8-10H,1-7H3/q+1/b18-10+. The zero-order valence-corrected chi connectivity index (χ0v) is 13.5. The van der Waals surface area contributed by atoms with E-state index in [9.17, 15) is 4.79 Å². The fourth-order valence-electron chi connectivity index (χ4n) is 2.34. The topological polar surface area (TPSA) is 29.3 Å². The second kappa shape index (κ2) is 4.44. The maximum atomic E-state index is 12.2. The number of fused-ring (bicyclic) bond motifs is 1. The molecule has 0 saturated heterocycles. The number of aryl methyl sites for hydroxylation is 1. The van der Waals surface area contributed by atoms with Crippen LogP contribution in [0.1, 0.15) is 52.7 Å². The predicted molar refractivity (Wildman–Crippen MR) is 81.3 cm³/mol. The summed E-state index contributed by atoms with van der Waals surface area (Å²) in [6.45, 7) is 14.6. The maximum Gasteiger partial charge on any atom is 0.608 e. The summed E-state index contributed by atoms with van der Waals surface area (Å²) in [6.07, 6.45) is 1.61. The number of rotatable bonds is 0. The van der Waals surface area contributed by atoms with Crippen LogP contribution in [0.4, 0.5) is 10.5 Å². The molecule has 0 fully saturated rings. The highest BCUT2D eigenvalue weighted by molar-refractivity contribution is 5.81. The van der Waals surface area contributed by atoms with Crippen LogP contribution in [-0.2, 0) is 5.41 Å². The fraction of sp³-hybridized carbons (Fsp3) is 0.529. The molecule has 0 bridgehead atoms.